The molecule has 0 unspecified atom stereocenters. The average molecular weight is 297 g/mol. The smallest absolute Gasteiger partial charge is 0.0947 e. The topological polar surface area (TPSA) is 38.9 Å². The Balaban J connectivity index is 2.44. The summed E-state index contributed by atoms with van der Waals surface area (Å²) in [5.41, 5.74) is 7.84. The molecule has 0 atom stereocenters. The van der Waals surface area contributed by atoms with E-state index in [0.717, 1.165) is 21.6 Å². The van der Waals surface area contributed by atoms with E-state index in [0.29, 0.717) is 6.54 Å². The van der Waals surface area contributed by atoms with Gasteiger partial charge in [0.25, 0.3) is 0 Å². The highest BCUT2D eigenvalue weighted by atomic mass is 79.9. The summed E-state index contributed by atoms with van der Waals surface area (Å²) in [4.78, 5) is 5.77. The molecule has 1 aromatic carbocycles. The second kappa shape index (κ2) is 5.08. The van der Waals surface area contributed by atoms with Crippen molar-refractivity contribution in [2.75, 3.05) is 6.54 Å². The van der Waals surface area contributed by atoms with Crippen LogP contribution in [0, 0.1) is 6.92 Å². The summed E-state index contributed by atoms with van der Waals surface area (Å²) in [5.74, 6) is 0. The van der Waals surface area contributed by atoms with Crippen molar-refractivity contribution >= 4 is 27.3 Å². The van der Waals surface area contributed by atoms with Crippen LogP contribution in [-0.4, -0.2) is 11.5 Å². The molecule has 1 heterocycles. The van der Waals surface area contributed by atoms with Crippen molar-refractivity contribution in [3.63, 3.8) is 0 Å². The first-order chi connectivity index (χ1) is 7.72. The summed E-state index contributed by atoms with van der Waals surface area (Å²) < 4.78 is 1.11. The quantitative estimate of drug-likeness (QED) is 0.943. The van der Waals surface area contributed by atoms with Gasteiger partial charge in [-0.25, -0.2) is 4.98 Å². The summed E-state index contributed by atoms with van der Waals surface area (Å²) >= 11 is 5.30. The Hall–Kier alpha value is -0.710. The molecule has 2 rings (SSSR count). The summed E-state index contributed by atoms with van der Waals surface area (Å²) in [6.45, 7) is 2.70. The Morgan fingerprint density at radius 1 is 1.38 bits per heavy atom. The Morgan fingerprint density at radius 2 is 2.12 bits per heavy atom. The SMILES string of the molecule is Cc1nc(CCN)sc1-c1ccccc1Br. The van der Waals surface area contributed by atoms with Crippen molar-refractivity contribution in [1.29, 1.82) is 0 Å². The van der Waals surface area contributed by atoms with Gasteiger partial charge in [-0.15, -0.1) is 11.3 Å². The van der Waals surface area contributed by atoms with E-state index in [2.05, 4.69) is 33.0 Å². The molecule has 0 spiro atoms. The van der Waals surface area contributed by atoms with Crippen LogP contribution >= 0.6 is 27.3 Å². The molecule has 2 N–H and O–H groups in total. The van der Waals surface area contributed by atoms with Crippen LogP contribution in [0.5, 0.6) is 0 Å². The van der Waals surface area contributed by atoms with E-state index in [9.17, 15) is 0 Å². The van der Waals surface area contributed by atoms with Crippen LogP contribution in [0.2, 0.25) is 0 Å². The molecule has 4 heteroatoms. The summed E-state index contributed by atoms with van der Waals surface area (Å²) in [7, 11) is 0. The molecule has 16 heavy (non-hydrogen) atoms. The Labute approximate surface area is 108 Å². The summed E-state index contributed by atoms with van der Waals surface area (Å²) in [6, 6.07) is 8.22. The molecule has 84 valence electrons. The molecular formula is C12H13BrN2S. The van der Waals surface area contributed by atoms with Crippen molar-refractivity contribution < 1.29 is 0 Å². The predicted molar refractivity (Wildman–Crippen MR) is 72.7 cm³/mol. The van der Waals surface area contributed by atoms with Crippen molar-refractivity contribution in [2.24, 2.45) is 5.73 Å². The van der Waals surface area contributed by atoms with Gasteiger partial charge in [0.1, 0.15) is 0 Å². The maximum atomic E-state index is 5.55. The molecule has 0 aliphatic carbocycles. The number of rotatable bonds is 3. The second-order valence-electron chi connectivity index (χ2n) is 3.54. The third-order valence-electron chi connectivity index (χ3n) is 2.32. The van der Waals surface area contributed by atoms with Gasteiger partial charge in [0.2, 0.25) is 0 Å². The van der Waals surface area contributed by atoms with Crippen molar-refractivity contribution in [3.05, 3.63) is 39.4 Å². The minimum atomic E-state index is 0.655. The zero-order valence-corrected chi connectivity index (χ0v) is 11.4. The normalized spacial score (nSPS) is 10.7. The summed E-state index contributed by atoms with van der Waals surface area (Å²) in [6.07, 6.45) is 0.857. The lowest BCUT2D eigenvalue weighted by Gasteiger charge is -2.01. The van der Waals surface area contributed by atoms with Crippen LogP contribution < -0.4 is 5.73 Å². The van der Waals surface area contributed by atoms with Gasteiger partial charge < -0.3 is 5.73 Å². The highest BCUT2D eigenvalue weighted by molar-refractivity contribution is 9.10. The lowest BCUT2D eigenvalue weighted by Crippen LogP contribution is -2.01. The largest absolute Gasteiger partial charge is 0.330 e. The number of thiazole rings is 1. The van der Waals surface area contributed by atoms with E-state index in [1.807, 2.05) is 19.1 Å². The molecule has 2 aromatic rings. The lowest BCUT2D eigenvalue weighted by atomic mass is 10.2. The first-order valence-electron chi connectivity index (χ1n) is 5.13. The summed E-state index contributed by atoms with van der Waals surface area (Å²) in [5, 5.41) is 1.12. The lowest BCUT2D eigenvalue weighted by molar-refractivity contribution is 0.945. The van der Waals surface area contributed by atoms with E-state index in [-0.39, 0.29) is 0 Å². The van der Waals surface area contributed by atoms with Gasteiger partial charge in [-0.1, -0.05) is 34.1 Å². The number of hydrogen-bond donors (Lipinski definition) is 1. The molecule has 0 fully saturated rings. The minimum absolute atomic E-state index is 0.655. The fraction of sp³-hybridized carbons (Fsp3) is 0.250. The predicted octanol–water partition coefficient (Wildman–Crippen LogP) is 3.38. The van der Waals surface area contributed by atoms with Gasteiger partial charge in [0.05, 0.1) is 15.6 Å². The Bertz CT molecular complexity index is 494. The molecule has 0 bridgehead atoms. The number of nitrogens with two attached hydrogens (primary N) is 1. The highest BCUT2D eigenvalue weighted by Crippen LogP contribution is 2.34. The monoisotopic (exact) mass is 296 g/mol. The van der Waals surface area contributed by atoms with E-state index in [1.54, 1.807) is 11.3 Å². The second-order valence-corrected chi connectivity index (χ2v) is 5.48. The van der Waals surface area contributed by atoms with E-state index in [4.69, 9.17) is 5.73 Å². The molecule has 0 saturated heterocycles. The fourth-order valence-electron chi connectivity index (χ4n) is 1.58. The van der Waals surface area contributed by atoms with Gasteiger partial charge in [-0.3, -0.25) is 0 Å². The van der Waals surface area contributed by atoms with Crippen molar-refractivity contribution in [2.45, 2.75) is 13.3 Å². The maximum absolute atomic E-state index is 5.55. The van der Waals surface area contributed by atoms with Crippen LogP contribution in [-0.2, 0) is 6.42 Å². The molecule has 0 aliphatic heterocycles. The van der Waals surface area contributed by atoms with Crippen LogP contribution in [0.1, 0.15) is 10.7 Å². The number of benzene rings is 1. The van der Waals surface area contributed by atoms with Crippen LogP contribution in [0.4, 0.5) is 0 Å². The molecular weight excluding hydrogens is 284 g/mol. The van der Waals surface area contributed by atoms with Gasteiger partial charge in [-0.2, -0.15) is 0 Å². The molecule has 0 amide bonds. The zero-order chi connectivity index (χ0) is 11.5. The van der Waals surface area contributed by atoms with E-state index in [1.165, 1.54) is 10.4 Å². The van der Waals surface area contributed by atoms with Gasteiger partial charge >= 0.3 is 0 Å². The Kier molecular flexibility index (Phi) is 3.74. The molecule has 0 radical (unpaired) electrons. The number of aryl methyl sites for hydroxylation is 1. The van der Waals surface area contributed by atoms with Gasteiger partial charge in [0.15, 0.2) is 0 Å². The first kappa shape index (κ1) is 11.8. The molecule has 0 saturated carbocycles. The van der Waals surface area contributed by atoms with Crippen LogP contribution in [0.25, 0.3) is 10.4 Å². The van der Waals surface area contributed by atoms with E-state index >= 15 is 0 Å². The van der Waals surface area contributed by atoms with Crippen molar-refractivity contribution in [3.8, 4) is 10.4 Å². The number of hydrogen-bond acceptors (Lipinski definition) is 3. The Morgan fingerprint density at radius 3 is 2.81 bits per heavy atom. The molecule has 1 aromatic heterocycles. The van der Waals surface area contributed by atoms with Crippen molar-refractivity contribution in [1.82, 2.24) is 4.98 Å². The first-order valence-corrected chi connectivity index (χ1v) is 6.74. The fourth-order valence-corrected chi connectivity index (χ4v) is 3.31. The number of nitrogens with zero attached hydrogens (tertiary/aromatic N) is 1. The molecule has 2 nitrogen and oxygen atoms in total. The average Bonchev–Trinajstić information content (AvgIpc) is 2.61. The number of aromatic nitrogens is 1. The van der Waals surface area contributed by atoms with Gasteiger partial charge in [-0.05, 0) is 19.5 Å². The van der Waals surface area contributed by atoms with Gasteiger partial charge in [0, 0.05) is 16.5 Å². The van der Waals surface area contributed by atoms with E-state index < -0.39 is 0 Å². The zero-order valence-electron chi connectivity index (χ0n) is 9.03. The van der Waals surface area contributed by atoms with Crippen LogP contribution in [0.3, 0.4) is 0 Å². The maximum Gasteiger partial charge on any atom is 0.0947 e. The highest BCUT2D eigenvalue weighted by Gasteiger charge is 2.11. The third kappa shape index (κ3) is 2.34. The third-order valence-corrected chi connectivity index (χ3v) is 4.26. The minimum Gasteiger partial charge on any atom is -0.330 e. The number of halogens is 1. The standard InChI is InChI=1S/C12H13BrN2S/c1-8-12(16-11(15-8)6-7-14)9-4-2-3-5-10(9)13/h2-5H,6-7,14H2,1H3. The molecule has 0 aliphatic rings. The van der Waals surface area contributed by atoms with Crippen LogP contribution in [0.15, 0.2) is 28.7 Å².